The molecule has 0 spiro atoms. The summed E-state index contributed by atoms with van der Waals surface area (Å²) in [5.41, 5.74) is -0.262. The minimum atomic E-state index is -2.99. The Morgan fingerprint density at radius 2 is 2.00 bits per heavy atom. The van der Waals surface area contributed by atoms with E-state index in [0.29, 0.717) is 13.1 Å². The third-order valence-electron chi connectivity index (χ3n) is 2.27. The van der Waals surface area contributed by atoms with E-state index in [4.69, 9.17) is 4.74 Å². The van der Waals surface area contributed by atoms with Crippen molar-refractivity contribution in [2.45, 2.75) is 19.4 Å². The molecule has 5 heteroatoms. The van der Waals surface area contributed by atoms with Gasteiger partial charge in [0.2, 0.25) is 10.0 Å². The Balaban J connectivity index is 2.56. The van der Waals surface area contributed by atoms with Gasteiger partial charge in [0.05, 0.1) is 11.4 Å². The van der Waals surface area contributed by atoms with Crippen molar-refractivity contribution < 1.29 is 13.2 Å². The van der Waals surface area contributed by atoms with Crippen LogP contribution in [0.15, 0.2) is 0 Å². The highest BCUT2D eigenvalue weighted by Gasteiger charge is 2.44. The first-order valence-corrected chi connectivity index (χ1v) is 5.57. The summed E-state index contributed by atoms with van der Waals surface area (Å²) in [6, 6.07) is 0. The first-order valence-electron chi connectivity index (χ1n) is 3.96. The standard InChI is InChI=1S/C7H15NO3S/c1-4-12(9,10)8-5-7(2,6-8)11-3/h4-6H2,1-3H3. The fraction of sp³-hybridized carbons (Fsp3) is 1.00. The quantitative estimate of drug-likeness (QED) is 0.636. The van der Waals surface area contributed by atoms with Crippen molar-refractivity contribution in [1.29, 1.82) is 0 Å². The summed E-state index contributed by atoms with van der Waals surface area (Å²) in [6.07, 6.45) is 0. The van der Waals surface area contributed by atoms with Crippen LogP contribution in [0.3, 0.4) is 0 Å². The lowest BCUT2D eigenvalue weighted by Gasteiger charge is -2.45. The second-order valence-corrected chi connectivity index (χ2v) is 5.58. The molecule has 1 fully saturated rings. The molecule has 1 aliphatic rings. The molecule has 0 aromatic heterocycles. The Morgan fingerprint density at radius 1 is 1.50 bits per heavy atom. The average molecular weight is 193 g/mol. The SMILES string of the molecule is CCS(=O)(=O)N1CC(C)(OC)C1. The molecule has 0 radical (unpaired) electrons. The lowest BCUT2D eigenvalue weighted by atomic mass is 10.0. The summed E-state index contributed by atoms with van der Waals surface area (Å²) in [6.45, 7) is 4.53. The summed E-state index contributed by atoms with van der Waals surface area (Å²) in [5, 5.41) is 0. The van der Waals surface area contributed by atoms with E-state index in [-0.39, 0.29) is 11.4 Å². The highest BCUT2D eigenvalue weighted by atomic mass is 32.2. The highest BCUT2D eigenvalue weighted by molar-refractivity contribution is 7.89. The van der Waals surface area contributed by atoms with Gasteiger partial charge < -0.3 is 4.74 Å². The first-order chi connectivity index (χ1) is 5.43. The van der Waals surface area contributed by atoms with Crippen molar-refractivity contribution in [2.24, 2.45) is 0 Å². The second kappa shape index (κ2) is 2.97. The van der Waals surface area contributed by atoms with Crippen LogP contribution in [-0.4, -0.2) is 44.3 Å². The van der Waals surface area contributed by atoms with Gasteiger partial charge in [0, 0.05) is 20.2 Å². The molecule has 1 heterocycles. The molecule has 0 unspecified atom stereocenters. The Bertz CT molecular complexity index is 254. The van der Waals surface area contributed by atoms with Crippen molar-refractivity contribution in [3.63, 3.8) is 0 Å². The van der Waals surface area contributed by atoms with Crippen LogP contribution in [-0.2, 0) is 14.8 Å². The van der Waals surface area contributed by atoms with E-state index in [9.17, 15) is 8.42 Å². The topological polar surface area (TPSA) is 46.6 Å². The van der Waals surface area contributed by atoms with Crippen LogP contribution < -0.4 is 0 Å². The van der Waals surface area contributed by atoms with Crippen LogP contribution in [0.25, 0.3) is 0 Å². The number of ether oxygens (including phenoxy) is 1. The van der Waals surface area contributed by atoms with Gasteiger partial charge in [-0.1, -0.05) is 0 Å². The third-order valence-corrected chi connectivity index (χ3v) is 4.05. The van der Waals surface area contributed by atoms with Crippen LogP contribution in [0, 0.1) is 0 Å². The first kappa shape index (κ1) is 9.95. The van der Waals surface area contributed by atoms with E-state index in [0.717, 1.165) is 0 Å². The zero-order valence-electron chi connectivity index (χ0n) is 7.70. The van der Waals surface area contributed by atoms with E-state index in [1.807, 2.05) is 6.92 Å². The lowest BCUT2D eigenvalue weighted by molar-refractivity contribution is -0.0767. The molecule has 1 aliphatic heterocycles. The maximum Gasteiger partial charge on any atom is 0.214 e. The number of nitrogens with zero attached hydrogens (tertiary/aromatic N) is 1. The van der Waals surface area contributed by atoms with E-state index in [1.54, 1.807) is 14.0 Å². The average Bonchev–Trinajstić information content (AvgIpc) is 1.98. The number of rotatable bonds is 3. The van der Waals surface area contributed by atoms with Gasteiger partial charge in [0.25, 0.3) is 0 Å². The molecule has 0 N–H and O–H groups in total. The second-order valence-electron chi connectivity index (χ2n) is 3.32. The van der Waals surface area contributed by atoms with Crippen molar-refractivity contribution in [2.75, 3.05) is 26.0 Å². The lowest BCUT2D eigenvalue weighted by Crippen LogP contribution is -2.62. The Kier molecular flexibility index (Phi) is 2.47. The molecule has 0 aliphatic carbocycles. The van der Waals surface area contributed by atoms with Crippen LogP contribution in [0.4, 0.5) is 0 Å². The van der Waals surface area contributed by atoms with Crippen molar-refractivity contribution in [3.8, 4) is 0 Å². The third kappa shape index (κ3) is 1.62. The van der Waals surface area contributed by atoms with Crippen molar-refractivity contribution in [1.82, 2.24) is 4.31 Å². The normalized spacial score (nSPS) is 23.6. The molecule has 0 bridgehead atoms. The molecule has 72 valence electrons. The monoisotopic (exact) mass is 193 g/mol. The largest absolute Gasteiger partial charge is 0.376 e. The zero-order chi connectivity index (χ0) is 9.41. The maximum absolute atomic E-state index is 11.3. The Labute approximate surface area is 73.6 Å². The molecule has 0 aromatic carbocycles. The zero-order valence-corrected chi connectivity index (χ0v) is 8.52. The molecule has 0 aromatic rings. The fourth-order valence-electron chi connectivity index (χ4n) is 1.21. The Hall–Kier alpha value is -0.130. The molecule has 1 saturated heterocycles. The smallest absolute Gasteiger partial charge is 0.214 e. The molecular weight excluding hydrogens is 178 g/mol. The molecule has 0 amide bonds. The summed E-state index contributed by atoms with van der Waals surface area (Å²) in [5.74, 6) is 0.173. The van der Waals surface area contributed by atoms with E-state index >= 15 is 0 Å². The van der Waals surface area contributed by atoms with Crippen molar-refractivity contribution in [3.05, 3.63) is 0 Å². The number of hydrogen-bond acceptors (Lipinski definition) is 3. The van der Waals surface area contributed by atoms with Gasteiger partial charge in [-0.05, 0) is 13.8 Å². The maximum atomic E-state index is 11.3. The predicted octanol–water partition coefficient (Wildman–Crippen LogP) is 0.0568. The van der Waals surface area contributed by atoms with Gasteiger partial charge in [-0.3, -0.25) is 0 Å². The molecule has 12 heavy (non-hydrogen) atoms. The summed E-state index contributed by atoms with van der Waals surface area (Å²) >= 11 is 0. The number of hydrogen-bond donors (Lipinski definition) is 0. The van der Waals surface area contributed by atoms with Gasteiger partial charge in [-0.25, -0.2) is 8.42 Å². The minimum absolute atomic E-state index is 0.173. The summed E-state index contributed by atoms with van der Waals surface area (Å²) < 4.78 is 29.1. The predicted molar refractivity (Wildman–Crippen MR) is 46.4 cm³/mol. The van der Waals surface area contributed by atoms with Crippen LogP contribution in [0.2, 0.25) is 0 Å². The van der Waals surface area contributed by atoms with E-state index in [1.165, 1.54) is 4.31 Å². The molecule has 1 rings (SSSR count). The summed E-state index contributed by atoms with van der Waals surface area (Å²) in [4.78, 5) is 0. The minimum Gasteiger partial charge on any atom is -0.376 e. The molecule has 4 nitrogen and oxygen atoms in total. The van der Waals surface area contributed by atoms with Gasteiger partial charge in [0.15, 0.2) is 0 Å². The van der Waals surface area contributed by atoms with E-state index < -0.39 is 10.0 Å². The van der Waals surface area contributed by atoms with Crippen molar-refractivity contribution >= 4 is 10.0 Å². The highest BCUT2D eigenvalue weighted by Crippen LogP contribution is 2.26. The van der Waals surface area contributed by atoms with Gasteiger partial charge in [-0.15, -0.1) is 0 Å². The number of methoxy groups -OCH3 is 1. The van der Waals surface area contributed by atoms with E-state index in [2.05, 4.69) is 0 Å². The van der Waals surface area contributed by atoms with Gasteiger partial charge >= 0.3 is 0 Å². The van der Waals surface area contributed by atoms with Crippen LogP contribution >= 0.6 is 0 Å². The van der Waals surface area contributed by atoms with Gasteiger partial charge in [0.1, 0.15) is 0 Å². The van der Waals surface area contributed by atoms with Crippen LogP contribution in [0.5, 0.6) is 0 Å². The molecular formula is C7H15NO3S. The molecule has 0 saturated carbocycles. The van der Waals surface area contributed by atoms with Crippen LogP contribution in [0.1, 0.15) is 13.8 Å². The summed E-state index contributed by atoms with van der Waals surface area (Å²) in [7, 11) is -1.38. The Morgan fingerprint density at radius 3 is 2.33 bits per heavy atom. The van der Waals surface area contributed by atoms with Gasteiger partial charge in [-0.2, -0.15) is 4.31 Å². The fourth-order valence-corrected chi connectivity index (χ4v) is 2.51. The molecule has 0 atom stereocenters. The number of sulfonamides is 1.